The average molecular weight is 893 g/mol. The number of hydrogen-bond acceptors (Lipinski definition) is 5. The Balaban J connectivity index is 1.13. The fourth-order valence-corrected chi connectivity index (χ4v) is 14.9. The smallest absolute Gasteiger partial charge is 0.325 e. The number of fused-ring (bicyclic) bond motifs is 7. The molecule has 0 spiro atoms. The van der Waals surface area contributed by atoms with Crippen molar-refractivity contribution in [1.29, 1.82) is 0 Å². The quantitative estimate of drug-likeness (QED) is 0.0477. The molecule has 2 amide bonds. The molecule has 64 heavy (non-hydrogen) atoms. The number of carboxylic acid groups (broad SMARTS) is 1. The molecular weight excluding hydrogens is 797 g/mol. The highest BCUT2D eigenvalue weighted by atomic mass is 16.5. The first-order valence-corrected chi connectivity index (χ1v) is 27.0. The lowest BCUT2D eigenvalue weighted by atomic mass is 9.33. The summed E-state index contributed by atoms with van der Waals surface area (Å²) in [5.74, 6) is 0.521. The molecular formula is C56H96N2O6. The van der Waals surface area contributed by atoms with Crippen molar-refractivity contribution in [2.75, 3.05) is 6.54 Å². The maximum Gasteiger partial charge on any atom is 0.325 e. The molecule has 3 unspecified atom stereocenters. The Bertz CT molecular complexity index is 1600. The molecule has 0 aromatic heterocycles. The molecule has 0 bridgehead atoms. The van der Waals surface area contributed by atoms with Gasteiger partial charge in [0.1, 0.15) is 12.1 Å². The van der Waals surface area contributed by atoms with E-state index in [1.165, 1.54) is 64.7 Å². The zero-order valence-electron chi connectivity index (χ0n) is 42.7. The van der Waals surface area contributed by atoms with Gasteiger partial charge in [-0.25, -0.2) is 0 Å². The molecule has 5 aliphatic carbocycles. The van der Waals surface area contributed by atoms with Crippen LogP contribution in [0.25, 0.3) is 0 Å². The number of ether oxygens (including phenoxy) is 1. The summed E-state index contributed by atoms with van der Waals surface area (Å²) in [6, 6.07) is -0.841. The van der Waals surface area contributed by atoms with Crippen LogP contribution in [0.15, 0.2) is 11.6 Å². The highest BCUT2D eigenvalue weighted by Crippen LogP contribution is 2.76. The average Bonchev–Trinajstić information content (AvgIpc) is 3.23. The molecule has 0 aliphatic heterocycles. The number of rotatable bonds is 25. The van der Waals surface area contributed by atoms with E-state index in [-0.39, 0.29) is 50.5 Å². The Kier molecular flexibility index (Phi) is 18.6. The van der Waals surface area contributed by atoms with Gasteiger partial charge in [0.15, 0.2) is 0 Å². The highest BCUT2D eigenvalue weighted by Gasteiger charge is 2.69. The van der Waals surface area contributed by atoms with Gasteiger partial charge in [0.05, 0.1) is 5.41 Å². The molecule has 5 aliphatic rings. The number of nitrogens with one attached hydrogen (secondary N) is 2. The van der Waals surface area contributed by atoms with E-state index in [0.29, 0.717) is 36.5 Å². The van der Waals surface area contributed by atoms with E-state index in [4.69, 9.17) is 9.84 Å². The van der Waals surface area contributed by atoms with Crippen molar-refractivity contribution in [3.8, 4) is 0 Å². The lowest BCUT2D eigenvalue weighted by molar-refractivity contribution is -0.213. The van der Waals surface area contributed by atoms with Crippen molar-refractivity contribution in [2.45, 2.75) is 261 Å². The molecule has 8 heteroatoms. The molecule has 0 aromatic carbocycles. The zero-order valence-corrected chi connectivity index (χ0v) is 42.7. The maximum atomic E-state index is 14.6. The maximum absolute atomic E-state index is 14.6. The van der Waals surface area contributed by atoms with Gasteiger partial charge in [-0.1, -0.05) is 157 Å². The van der Waals surface area contributed by atoms with Gasteiger partial charge in [-0.05, 0) is 130 Å². The first-order valence-electron chi connectivity index (χ1n) is 27.0. The molecule has 0 saturated heterocycles. The van der Waals surface area contributed by atoms with Crippen LogP contribution in [-0.2, 0) is 23.9 Å². The van der Waals surface area contributed by atoms with Crippen LogP contribution < -0.4 is 10.6 Å². The molecule has 5 rings (SSSR count). The van der Waals surface area contributed by atoms with Crippen LogP contribution >= 0.6 is 0 Å². The van der Waals surface area contributed by atoms with Gasteiger partial charge >= 0.3 is 11.9 Å². The number of esters is 1. The second-order valence-electron chi connectivity index (χ2n) is 24.3. The van der Waals surface area contributed by atoms with Crippen LogP contribution in [-0.4, -0.2) is 47.6 Å². The molecule has 0 heterocycles. The molecule has 4 fully saturated rings. The van der Waals surface area contributed by atoms with Crippen molar-refractivity contribution in [1.82, 2.24) is 10.6 Å². The normalized spacial score (nSPS) is 33.0. The van der Waals surface area contributed by atoms with Gasteiger partial charge in [-0.3, -0.25) is 19.2 Å². The number of allylic oxidation sites excluding steroid dienone is 2. The summed E-state index contributed by atoms with van der Waals surface area (Å²) in [7, 11) is 0. The summed E-state index contributed by atoms with van der Waals surface area (Å²) >= 11 is 0. The van der Waals surface area contributed by atoms with Crippen molar-refractivity contribution in [3.63, 3.8) is 0 Å². The fraction of sp³-hybridized carbons (Fsp3) is 0.893. The minimum atomic E-state index is -1.01. The summed E-state index contributed by atoms with van der Waals surface area (Å²) in [6.45, 7) is 22.1. The summed E-state index contributed by atoms with van der Waals surface area (Å²) < 4.78 is 6.43. The van der Waals surface area contributed by atoms with Crippen molar-refractivity contribution < 1.29 is 29.0 Å². The SMILES string of the molecule is CCCCCCCCCCCC(=O)O[C@H]1CC[C@@]2(C)C(CC[C@]3(C)C2CC=C2C4CC(C)(C)CC[C@]4(C(=O)NCCCCCCCCCCC(=O)N[C@@H](C)C(=O)O)CC[C@]23C)C1(C)C. The topological polar surface area (TPSA) is 122 Å². The second kappa shape index (κ2) is 22.6. The first kappa shape index (κ1) is 52.6. The van der Waals surface area contributed by atoms with Crippen LogP contribution in [0, 0.1) is 50.2 Å². The third kappa shape index (κ3) is 11.8. The number of carbonyl (C=O) groups excluding carboxylic acids is 3. The van der Waals surface area contributed by atoms with Crippen LogP contribution in [0.2, 0.25) is 0 Å². The Hall–Kier alpha value is -2.38. The minimum absolute atomic E-state index is 0.00827. The van der Waals surface area contributed by atoms with E-state index in [0.717, 1.165) is 122 Å². The van der Waals surface area contributed by atoms with E-state index in [1.807, 2.05) is 0 Å². The Morgan fingerprint density at radius 1 is 0.703 bits per heavy atom. The van der Waals surface area contributed by atoms with Crippen LogP contribution in [0.3, 0.4) is 0 Å². The number of hydrogen-bond donors (Lipinski definition) is 3. The minimum Gasteiger partial charge on any atom is -0.480 e. The van der Waals surface area contributed by atoms with E-state index in [2.05, 4.69) is 72.1 Å². The molecule has 366 valence electrons. The number of aliphatic carboxylic acids is 1. The standard InChI is InChI=1S/C56H96N2O6/c1-10-11-12-13-14-15-19-22-25-28-48(60)64-46-32-33-53(7)44(52(46,5)6)31-34-55(9)45(53)30-29-42-43-40-51(3,4)35-37-56(43,38-36-54(42,55)8)50(63)57-39-26-23-20-17-16-18-21-24-27-47(59)58-41(2)49(61)62/h29,41,43-46H,10-28,30-40H2,1-9H3,(H,57,63)(H,58,59)(H,61,62)/t41-,43?,44?,45?,46-,53-,54+,55+,56-/m0/s1. The lowest BCUT2D eigenvalue weighted by Crippen LogP contribution is -2.65. The molecule has 3 N–H and O–H groups in total. The summed E-state index contributed by atoms with van der Waals surface area (Å²) in [4.78, 5) is 50.8. The van der Waals surface area contributed by atoms with E-state index in [9.17, 15) is 19.2 Å². The van der Waals surface area contributed by atoms with Crippen molar-refractivity contribution in [3.05, 3.63) is 11.6 Å². The zero-order chi connectivity index (χ0) is 46.8. The molecule has 0 radical (unpaired) electrons. The third-order valence-corrected chi connectivity index (χ3v) is 19.2. The van der Waals surface area contributed by atoms with Gasteiger partial charge in [-0.15, -0.1) is 0 Å². The second-order valence-corrected chi connectivity index (χ2v) is 24.3. The third-order valence-electron chi connectivity index (χ3n) is 19.2. The molecule has 0 aromatic rings. The number of carbonyl (C=O) groups is 4. The number of carboxylic acids is 1. The van der Waals surface area contributed by atoms with Gasteiger partial charge in [0, 0.05) is 24.8 Å². The summed E-state index contributed by atoms with van der Waals surface area (Å²) in [5.41, 5.74) is 1.88. The van der Waals surface area contributed by atoms with Crippen LogP contribution in [0.1, 0.15) is 249 Å². The molecule has 8 nitrogen and oxygen atoms in total. The summed E-state index contributed by atoms with van der Waals surface area (Å²) in [5, 5.41) is 15.0. The van der Waals surface area contributed by atoms with E-state index >= 15 is 0 Å². The molecule has 4 saturated carbocycles. The Labute approximate surface area is 391 Å². The van der Waals surface area contributed by atoms with E-state index in [1.54, 1.807) is 5.57 Å². The fourth-order valence-electron chi connectivity index (χ4n) is 14.9. The lowest BCUT2D eigenvalue weighted by Gasteiger charge is -2.71. The van der Waals surface area contributed by atoms with Gasteiger partial charge < -0.3 is 20.5 Å². The highest BCUT2D eigenvalue weighted by molar-refractivity contribution is 5.84. The monoisotopic (exact) mass is 893 g/mol. The number of amides is 2. The van der Waals surface area contributed by atoms with Gasteiger partial charge in [-0.2, -0.15) is 0 Å². The van der Waals surface area contributed by atoms with Gasteiger partial charge in [0.25, 0.3) is 0 Å². The predicted molar refractivity (Wildman–Crippen MR) is 261 cm³/mol. The first-order chi connectivity index (χ1) is 30.3. The summed E-state index contributed by atoms with van der Waals surface area (Å²) in [6.07, 6.45) is 34.1. The van der Waals surface area contributed by atoms with E-state index < -0.39 is 12.0 Å². The predicted octanol–water partition coefficient (Wildman–Crippen LogP) is 13.8. The van der Waals surface area contributed by atoms with Crippen LogP contribution in [0.4, 0.5) is 0 Å². The Morgan fingerprint density at radius 3 is 1.91 bits per heavy atom. The van der Waals surface area contributed by atoms with Crippen molar-refractivity contribution in [2.24, 2.45) is 50.2 Å². The molecule has 9 atom stereocenters. The number of unbranched alkanes of at least 4 members (excludes halogenated alkanes) is 15. The van der Waals surface area contributed by atoms with Crippen molar-refractivity contribution >= 4 is 23.8 Å². The Morgan fingerprint density at radius 2 is 1.28 bits per heavy atom. The van der Waals surface area contributed by atoms with Gasteiger partial charge in [0.2, 0.25) is 11.8 Å². The van der Waals surface area contributed by atoms with Crippen LogP contribution in [0.5, 0.6) is 0 Å². The largest absolute Gasteiger partial charge is 0.480 e.